The molecule has 0 fully saturated rings. The van der Waals surface area contributed by atoms with E-state index < -0.39 is 23.8 Å². The van der Waals surface area contributed by atoms with E-state index in [-0.39, 0.29) is 36.8 Å². The molecule has 0 bridgehead atoms. The van der Waals surface area contributed by atoms with Crippen LogP contribution in [0.1, 0.15) is 58.8 Å². The Morgan fingerprint density at radius 1 is 1.19 bits per heavy atom. The maximum atomic E-state index is 12.6. The molecule has 1 aromatic heterocycles. The average molecular weight is 363 g/mol. The summed E-state index contributed by atoms with van der Waals surface area (Å²) in [5.41, 5.74) is 3.68. The first kappa shape index (κ1) is 19.4. The highest BCUT2D eigenvalue weighted by Gasteiger charge is 2.29. The van der Waals surface area contributed by atoms with Gasteiger partial charge in [0.25, 0.3) is 0 Å². The van der Waals surface area contributed by atoms with E-state index >= 15 is 0 Å². The average Bonchev–Trinajstić information content (AvgIpc) is 2.89. The van der Waals surface area contributed by atoms with Crippen LogP contribution in [0.3, 0.4) is 0 Å². The molecule has 1 atom stereocenters. The number of ketones is 1. The van der Waals surface area contributed by atoms with Gasteiger partial charge < -0.3 is 14.5 Å². The Balaban J connectivity index is 2.13. The molecular formula is C17H21N3O6. The maximum absolute atomic E-state index is 12.6. The summed E-state index contributed by atoms with van der Waals surface area (Å²) in [7, 11) is 0. The van der Waals surface area contributed by atoms with Gasteiger partial charge in [0, 0.05) is 18.5 Å². The fourth-order valence-electron chi connectivity index (χ4n) is 2.61. The number of carbonyl (C=O) groups is 4. The summed E-state index contributed by atoms with van der Waals surface area (Å²) in [6.07, 6.45) is -0.803. The van der Waals surface area contributed by atoms with E-state index in [2.05, 4.69) is 15.5 Å². The number of hydrogen-bond acceptors (Lipinski definition) is 7. The zero-order valence-electron chi connectivity index (χ0n) is 15.1. The van der Waals surface area contributed by atoms with Crippen LogP contribution in [0.25, 0.3) is 0 Å². The zero-order valence-corrected chi connectivity index (χ0v) is 15.1. The van der Waals surface area contributed by atoms with Gasteiger partial charge in [-0.3, -0.25) is 9.59 Å². The number of H-pyrrole nitrogens is 1. The molecule has 2 heterocycles. The fourth-order valence-corrected chi connectivity index (χ4v) is 2.61. The molecule has 2 rings (SSSR count). The molecule has 0 saturated carbocycles. The molecule has 1 amide bonds. The van der Waals surface area contributed by atoms with Crippen LogP contribution in [0.15, 0.2) is 5.10 Å². The molecule has 2 N–H and O–H groups in total. The van der Waals surface area contributed by atoms with Crippen molar-refractivity contribution < 1.29 is 28.7 Å². The molecule has 1 aliphatic rings. The molecule has 9 nitrogen and oxygen atoms in total. The molecular weight excluding hydrogens is 342 g/mol. The lowest BCUT2D eigenvalue weighted by molar-refractivity contribution is -0.138. The minimum atomic E-state index is -1.09. The smallest absolute Gasteiger partial charge is 0.355 e. The summed E-state index contributed by atoms with van der Waals surface area (Å²) in [6, 6.07) is 0. The summed E-state index contributed by atoms with van der Waals surface area (Å²) in [4.78, 5) is 50.6. The van der Waals surface area contributed by atoms with Gasteiger partial charge in [-0.05, 0) is 33.3 Å². The predicted octanol–water partition coefficient (Wildman–Crippen LogP) is 1.19. The third kappa shape index (κ3) is 3.98. The van der Waals surface area contributed by atoms with Gasteiger partial charge in [0.1, 0.15) is 5.71 Å². The van der Waals surface area contributed by atoms with E-state index in [1.807, 2.05) is 0 Å². The SMILES string of the molecule is CCOC(=O)c1c(C)[nH]c(C(=O)[C@@H](C)OC(=O)C2=NNC(=O)CC2)c1C. The Bertz CT molecular complexity index is 793. The molecule has 0 unspecified atom stereocenters. The molecule has 140 valence electrons. The molecule has 0 aromatic carbocycles. The number of aromatic nitrogens is 1. The van der Waals surface area contributed by atoms with E-state index in [9.17, 15) is 19.2 Å². The van der Waals surface area contributed by atoms with Crippen LogP contribution in [0.4, 0.5) is 0 Å². The Kier molecular flexibility index (Phi) is 5.91. The minimum Gasteiger partial charge on any atom is -0.462 e. The first-order valence-corrected chi connectivity index (χ1v) is 8.23. The largest absolute Gasteiger partial charge is 0.462 e. The van der Waals surface area contributed by atoms with Crippen molar-refractivity contribution in [3.05, 3.63) is 22.5 Å². The third-order valence-corrected chi connectivity index (χ3v) is 3.96. The Labute approximate surface area is 150 Å². The highest BCUT2D eigenvalue weighted by atomic mass is 16.5. The van der Waals surface area contributed by atoms with Crippen molar-refractivity contribution in [3.8, 4) is 0 Å². The predicted molar refractivity (Wildman–Crippen MR) is 90.9 cm³/mol. The number of esters is 2. The van der Waals surface area contributed by atoms with Crippen molar-refractivity contribution >= 4 is 29.3 Å². The van der Waals surface area contributed by atoms with Gasteiger partial charge in [0.05, 0.1) is 17.9 Å². The van der Waals surface area contributed by atoms with Crippen LogP contribution in [0.2, 0.25) is 0 Å². The first-order chi connectivity index (χ1) is 12.3. The molecule has 9 heteroatoms. The third-order valence-electron chi connectivity index (χ3n) is 3.96. The molecule has 1 aromatic rings. The van der Waals surface area contributed by atoms with Gasteiger partial charge >= 0.3 is 11.9 Å². The number of Topliss-reactive ketones (excluding diaryl/α,β-unsaturated/α-hetero) is 1. The van der Waals surface area contributed by atoms with Crippen molar-refractivity contribution in [2.24, 2.45) is 5.10 Å². The number of hydrogen-bond donors (Lipinski definition) is 2. The number of aryl methyl sites for hydroxylation is 1. The number of rotatable bonds is 6. The summed E-state index contributed by atoms with van der Waals surface area (Å²) in [6.45, 7) is 6.63. The van der Waals surface area contributed by atoms with Crippen molar-refractivity contribution in [1.29, 1.82) is 0 Å². The molecule has 0 radical (unpaired) electrons. The number of nitrogens with one attached hydrogen (secondary N) is 2. The van der Waals surface area contributed by atoms with Crippen LogP contribution in [-0.4, -0.2) is 47.0 Å². The zero-order chi connectivity index (χ0) is 19.4. The second-order valence-electron chi connectivity index (χ2n) is 5.85. The van der Waals surface area contributed by atoms with Crippen molar-refractivity contribution in [2.45, 2.75) is 46.6 Å². The van der Waals surface area contributed by atoms with Gasteiger partial charge in [0.2, 0.25) is 11.7 Å². The Hall–Kier alpha value is -2.97. The molecule has 26 heavy (non-hydrogen) atoms. The van der Waals surface area contributed by atoms with Crippen LogP contribution in [0, 0.1) is 13.8 Å². The Morgan fingerprint density at radius 2 is 1.88 bits per heavy atom. The first-order valence-electron chi connectivity index (χ1n) is 8.23. The Morgan fingerprint density at radius 3 is 2.46 bits per heavy atom. The highest BCUT2D eigenvalue weighted by molar-refractivity contribution is 6.37. The topological polar surface area (TPSA) is 127 Å². The number of ether oxygens (including phenoxy) is 2. The quantitative estimate of drug-likeness (QED) is 0.577. The van der Waals surface area contributed by atoms with Gasteiger partial charge in [-0.2, -0.15) is 5.10 Å². The summed E-state index contributed by atoms with van der Waals surface area (Å²) in [5.74, 6) is -2.04. The molecule has 1 aliphatic heterocycles. The fraction of sp³-hybridized carbons (Fsp3) is 0.471. The summed E-state index contributed by atoms with van der Waals surface area (Å²) < 4.78 is 10.1. The van der Waals surface area contributed by atoms with Crippen LogP contribution >= 0.6 is 0 Å². The van der Waals surface area contributed by atoms with Crippen molar-refractivity contribution in [2.75, 3.05) is 6.61 Å². The lowest BCUT2D eigenvalue weighted by Crippen LogP contribution is -2.34. The lowest BCUT2D eigenvalue weighted by Gasteiger charge is -2.15. The van der Waals surface area contributed by atoms with Gasteiger partial charge in [-0.25, -0.2) is 15.0 Å². The van der Waals surface area contributed by atoms with E-state index in [1.54, 1.807) is 20.8 Å². The number of amides is 1. The van der Waals surface area contributed by atoms with Gasteiger partial charge in [-0.15, -0.1) is 0 Å². The number of hydrazone groups is 1. The van der Waals surface area contributed by atoms with Crippen LogP contribution in [0.5, 0.6) is 0 Å². The van der Waals surface area contributed by atoms with E-state index in [4.69, 9.17) is 9.47 Å². The van der Waals surface area contributed by atoms with E-state index in [0.717, 1.165) is 0 Å². The van der Waals surface area contributed by atoms with Crippen LogP contribution in [-0.2, 0) is 19.1 Å². The van der Waals surface area contributed by atoms with E-state index in [0.29, 0.717) is 16.8 Å². The normalized spacial score (nSPS) is 14.9. The van der Waals surface area contributed by atoms with Gasteiger partial charge in [0.15, 0.2) is 6.10 Å². The molecule has 0 saturated heterocycles. The van der Waals surface area contributed by atoms with Crippen molar-refractivity contribution in [3.63, 3.8) is 0 Å². The lowest BCUT2D eigenvalue weighted by atomic mass is 10.1. The highest BCUT2D eigenvalue weighted by Crippen LogP contribution is 2.21. The number of aromatic amines is 1. The monoisotopic (exact) mass is 363 g/mol. The molecule has 0 spiro atoms. The van der Waals surface area contributed by atoms with Crippen molar-refractivity contribution in [1.82, 2.24) is 10.4 Å². The second-order valence-corrected chi connectivity index (χ2v) is 5.85. The van der Waals surface area contributed by atoms with Gasteiger partial charge in [-0.1, -0.05) is 0 Å². The second kappa shape index (κ2) is 7.94. The maximum Gasteiger partial charge on any atom is 0.355 e. The number of nitrogens with zero attached hydrogens (tertiary/aromatic N) is 1. The summed E-state index contributed by atoms with van der Waals surface area (Å²) in [5, 5.41) is 3.64. The number of carbonyl (C=O) groups excluding carboxylic acids is 4. The standard InChI is InChI=1S/C17H21N3O6/c1-5-25-17(24)13-8(2)14(18-9(13)3)15(22)10(4)26-16(23)11-6-7-12(21)20-19-11/h10,18H,5-7H2,1-4H3,(H,20,21)/t10-/m1/s1. The van der Waals surface area contributed by atoms with E-state index in [1.165, 1.54) is 6.92 Å². The minimum absolute atomic E-state index is 0.0517. The molecule has 0 aliphatic carbocycles. The summed E-state index contributed by atoms with van der Waals surface area (Å²) >= 11 is 0. The van der Waals surface area contributed by atoms with Crippen LogP contribution < -0.4 is 5.43 Å².